The predicted molar refractivity (Wildman–Crippen MR) is 125 cm³/mol. The summed E-state index contributed by atoms with van der Waals surface area (Å²) in [4.78, 5) is 20.3. The van der Waals surface area contributed by atoms with E-state index in [1.54, 1.807) is 7.11 Å². The van der Waals surface area contributed by atoms with Gasteiger partial charge in [-0.1, -0.05) is 38.8 Å². The number of nitrogens with one attached hydrogen (secondary N) is 2. The molecule has 0 saturated heterocycles. The first-order valence-corrected chi connectivity index (χ1v) is 11.1. The SMILES string of the molecule is CCCC(CCC)Nc1nc(C)nc(C)c1Cc1ccc(CNCC(N)=O)cc1OC. The molecule has 0 atom stereocenters. The Morgan fingerprint density at radius 3 is 2.48 bits per heavy atom. The van der Waals surface area contributed by atoms with Crippen LogP contribution in [0, 0.1) is 13.8 Å². The molecule has 0 fully saturated rings. The van der Waals surface area contributed by atoms with Gasteiger partial charge in [0.05, 0.1) is 13.7 Å². The highest BCUT2D eigenvalue weighted by Crippen LogP contribution is 2.28. The molecular formula is C24H37N5O2. The van der Waals surface area contributed by atoms with Crippen LogP contribution >= 0.6 is 0 Å². The van der Waals surface area contributed by atoms with E-state index in [4.69, 9.17) is 15.5 Å². The van der Waals surface area contributed by atoms with Crippen LogP contribution in [0.15, 0.2) is 18.2 Å². The molecule has 2 rings (SSSR count). The van der Waals surface area contributed by atoms with Crippen LogP contribution in [0.5, 0.6) is 5.75 Å². The minimum atomic E-state index is -0.372. The summed E-state index contributed by atoms with van der Waals surface area (Å²) < 4.78 is 5.67. The van der Waals surface area contributed by atoms with Crippen molar-refractivity contribution in [2.45, 2.75) is 72.4 Å². The molecule has 1 heterocycles. The van der Waals surface area contributed by atoms with Gasteiger partial charge >= 0.3 is 0 Å². The number of hydrogen-bond donors (Lipinski definition) is 3. The number of aryl methyl sites for hydroxylation is 2. The van der Waals surface area contributed by atoms with Gasteiger partial charge < -0.3 is 21.1 Å². The number of rotatable bonds is 13. The fraction of sp³-hybridized carbons (Fsp3) is 0.542. The molecule has 2 aromatic rings. The van der Waals surface area contributed by atoms with Gasteiger partial charge in [0.2, 0.25) is 5.91 Å². The van der Waals surface area contributed by atoms with E-state index < -0.39 is 0 Å². The highest BCUT2D eigenvalue weighted by molar-refractivity contribution is 5.75. The van der Waals surface area contributed by atoms with Crippen molar-refractivity contribution in [1.82, 2.24) is 15.3 Å². The molecule has 4 N–H and O–H groups in total. The van der Waals surface area contributed by atoms with Crippen molar-refractivity contribution in [3.05, 3.63) is 46.4 Å². The number of hydrogen-bond acceptors (Lipinski definition) is 6. The quantitative estimate of drug-likeness (QED) is 0.451. The number of nitrogens with zero attached hydrogens (tertiary/aromatic N) is 2. The Morgan fingerprint density at radius 2 is 1.87 bits per heavy atom. The normalized spacial score (nSPS) is 11.0. The van der Waals surface area contributed by atoms with E-state index in [0.717, 1.165) is 65.5 Å². The summed E-state index contributed by atoms with van der Waals surface area (Å²) in [6, 6.07) is 6.51. The average molecular weight is 428 g/mol. The Balaban J connectivity index is 2.29. The molecular weight excluding hydrogens is 390 g/mol. The topological polar surface area (TPSA) is 102 Å². The molecule has 31 heavy (non-hydrogen) atoms. The van der Waals surface area contributed by atoms with Gasteiger partial charge in [0.15, 0.2) is 0 Å². The maximum atomic E-state index is 10.9. The molecule has 0 unspecified atom stereocenters. The summed E-state index contributed by atoms with van der Waals surface area (Å²) in [6.07, 6.45) is 5.18. The van der Waals surface area contributed by atoms with Crippen molar-refractivity contribution < 1.29 is 9.53 Å². The van der Waals surface area contributed by atoms with Crippen molar-refractivity contribution in [1.29, 1.82) is 0 Å². The fourth-order valence-electron chi connectivity index (χ4n) is 3.81. The zero-order chi connectivity index (χ0) is 22.8. The maximum Gasteiger partial charge on any atom is 0.231 e. The van der Waals surface area contributed by atoms with Gasteiger partial charge in [-0.05, 0) is 43.9 Å². The molecule has 0 spiro atoms. The number of aromatic nitrogens is 2. The minimum absolute atomic E-state index is 0.148. The van der Waals surface area contributed by atoms with Crippen LogP contribution in [-0.2, 0) is 17.8 Å². The third kappa shape index (κ3) is 7.51. The van der Waals surface area contributed by atoms with E-state index in [1.165, 1.54) is 0 Å². The molecule has 0 bridgehead atoms. The van der Waals surface area contributed by atoms with E-state index in [0.29, 0.717) is 19.0 Å². The Labute approximate surface area is 186 Å². The lowest BCUT2D eigenvalue weighted by Gasteiger charge is -2.22. The fourth-order valence-corrected chi connectivity index (χ4v) is 3.81. The van der Waals surface area contributed by atoms with Gasteiger partial charge in [-0.25, -0.2) is 9.97 Å². The van der Waals surface area contributed by atoms with Gasteiger partial charge in [0.25, 0.3) is 0 Å². The molecule has 0 aliphatic carbocycles. The molecule has 7 nitrogen and oxygen atoms in total. The molecule has 0 saturated carbocycles. The maximum absolute atomic E-state index is 10.9. The lowest BCUT2D eigenvalue weighted by Crippen LogP contribution is -2.28. The first-order chi connectivity index (χ1) is 14.9. The van der Waals surface area contributed by atoms with E-state index in [9.17, 15) is 4.79 Å². The van der Waals surface area contributed by atoms with E-state index in [-0.39, 0.29) is 12.5 Å². The number of ether oxygens (including phenoxy) is 1. The number of anilines is 1. The Bertz CT molecular complexity index is 863. The zero-order valence-electron chi connectivity index (χ0n) is 19.5. The van der Waals surface area contributed by atoms with Crippen molar-refractivity contribution >= 4 is 11.7 Å². The van der Waals surface area contributed by atoms with Crippen LogP contribution in [0.2, 0.25) is 0 Å². The second-order valence-corrected chi connectivity index (χ2v) is 7.99. The van der Waals surface area contributed by atoms with Gasteiger partial charge in [-0.3, -0.25) is 4.79 Å². The first kappa shape index (κ1) is 24.6. The number of primary amides is 1. The summed E-state index contributed by atoms with van der Waals surface area (Å²) >= 11 is 0. The molecule has 1 aromatic heterocycles. The van der Waals surface area contributed by atoms with Gasteiger partial charge in [-0.15, -0.1) is 0 Å². The number of nitrogens with two attached hydrogens (primary N) is 1. The highest BCUT2D eigenvalue weighted by Gasteiger charge is 2.17. The summed E-state index contributed by atoms with van der Waals surface area (Å²) in [5, 5.41) is 6.72. The molecule has 7 heteroatoms. The van der Waals surface area contributed by atoms with Crippen molar-refractivity contribution in [2.75, 3.05) is 19.0 Å². The van der Waals surface area contributed by atoms with Crippen LogP contribution in [0.3, 0.4) is 0 Å². The Kier molecular flexibility index (Phi) is 9.72. The highest BCUT2D eigenvalue weighted by atomic mass is 16.5. The van der Waals surface area contributed by atoms with Gasteiger partial charge in [-0.2, -0.15) is 0 Å². The number of carbonyl (C=O) groups is 1. The molecule has 0 aliphatic rings. The summed E-state index contributed by atoms with van der Waals surface area (Å²) in [7, 11) is 1.68. The second-order valence-electron chi connectivity index (χ2n) is 7.99. The molecule has 0 aliphatic heterocycles. The van der Waals surface area contributed by atoms with E-state index in [1.807, 2.05) is 26.0 Å². The van der Waals surface area contributed by atoms with E-state index >= 15 is 0 Å². The number of methoxy groups -OCH3 is 1. The van der Waals surface area contributed by atoms with Gasteiger partial charge in [0.1, 0.15) is 17.4 Å². The van der Waals surface area contributed by atoms with Crippen molar-refractivity contribution in [3.63, 3.8) is 0 Å². The van der Waals surface area contributed by atoms with Crippen molar-refractivity contribution in [2.24, 2.45) is 5.73 Å². The molecule has 1 amide bonds. The largest absolute Gasteiger partial charge is 0.496 e. The third-order valence-electron chi connectivity index (χ3n) is 5.29. The smallest absolute Gasteiger partial charge is 0.231 e. The second kappa shape index (κ2) is 12.2. The van der Waals surface area contributed by atoms with Crippen LogP contribution in [0.1, 0.15) is 67.7 Å². The molecule has 1 aromatic carbocycles. The van der Waals surface area contributed by atoms with Gasteiger partial charge in [0, 0.05) is 30.3 Å². The number of amides is 1. The minimum Gasteiger partial charge on any atom is -0.496 e. The summed E-state index contributed by atoms with van der Waals surface area (Å²) in [6.45, 7) is 9.10. The van der Waals surface area contributed by atoms with Crippen LogP contribution in [-0.4, -0.2) is 35.6 Å². The van der Waals surface area contributed by atoms with Crippen LogP contribution in [0.4, 0.5) is 5.82 Å². The third-order valence-corrected chi connectivity index (χ3v) is 5.29. The summed E-state index contributed by atoms with van der Waals surface area (Å²) in [5.41, 5.74) is 9.37. The van der Waals surface area contributed by atoms with Crippen LogP contribution < -0.4 is 21.1 Å². The zero-order valence-corrected chi connectivity index (χ0v) is 19.5. The monoisotopic (exact) mass is 427 g/mol. The van der Waals surface area contributed by atoms with E-state index in [2.05, 4.69) is 35.5 Å². The lowest BCUT2D eigenvalue weighted by atomic mass is 10.00. The predicted octanol–water partition coefficient (Wildman–Crippen LogP) is 3.65. The number of benzene rings is 1. The van der Waals surface area contributed by atoms with Crippen molar-refractivity contribution in [3.8, 4) is 5.75 Å². The molecule has 170 valence electrons. The standard InChI is InChI=1S/C24H37N5O2/c1-6-8-20(9-7-2)29-24-21(16(3)27-17(4)28-24)13-19-11-10-18(12-22(19)31-5)14-26-15-23(25)30/h10-12,20,26H,6-9,13-15H2,1-5H3,(H2,25,30)(H,27,28,29). The lowest BCUT2D eigenvalue weighted by molar-refractivity contribution is -0.117. The van der Waals surface area contributed by atoms with Crippen LogP contribution in [0.25, 0.3) is 0 Å². The Hall–Kier alpha value is -2.67. The Morgan fingerprint density at radius 1 is 1.16 bits per heavy atom. The summed E-state index contributed by atoms with van der Waals surface area (Å²) in [5.74, 6) is 2.13. The average Bonchev–Trinajstić information content (AvgIpc) is 2.71. The first-order valence-electron chi connectivity index (χ1n) is 11.1. The number of carbonyl (C=O) groups excluding carboxylic acids is 1. The molecule has 0 radical (unpaired) electrons.